The maximum atomic E-state index is 12.3. The molecule has 0 bridgehead atoms. The molecule has 0 spiro atoms. The van der Waals surface area contributed by atoms with E-state index in [0.717, 1.165) is 12.8 Å². The fourth-order valence-electron chi connectivity index (χ4n) is 1.77. The van der Waals surface area contributed by atoms with E-state index in [0.29, 0.717) is 12.8 Å². The molecule has 2 atom stereocenters. The van der Waals surface area contributed by atoms with Crippen LogP contribution in [-0.2, 0) is 4.79 Å². The zero-order chi connectivity index (χ0) is 9.14. The van der Waals surface area contributed by atoms with Gasteiger partial charge in [-0.3, -0.25) is 4.79 Å². The van der Waals surface area contributed by atoms with Crippen LogP contribution in [0, 0.1) is 11.8 Å². The van der Waals surface area contributed by atoms with E-state index in [1.807, 2.05) is 0 Å². The molecule has 1 aliphatic carbocycles. The first kappa shape index (κ1) is 9.42. The second kappa shape index (κ2) is 3.83. The monoisotopic (exact) mass is 178 g/mol. The van der Waals surface area contributed by atoms with Crippen LogP contribution in [0.15, 0.2) is 0 Å². The van der Waals surface area contributed by atoms with Crippen LogP contribution in [0.4, 0.5) is 8.78 Å². The Morgan fingerprint density at radius 3 is 2.33 bits per heavy atom. The molecule has 0 aromatic heterocycles. The molecule has 1 N–H and O–H groups in total. The van der Waals surface area contributed by atoms with Crippen molar-refractivity contribution in [2.24, 2.45) is 11.8 Å². The number of carbonyl (C=O) groups is 1. The van der Waals surface area contributed by atoms with Gasteiger partial charge in [0.1, 0.15) is 0 Å². The summed E-state index contributed by atoms with van der Waals surface area (Å²) >= 11 is 0. The first-order valence-electron chi connectivity index (χ1n) is 4.14. The Bertz CT molecular complexity index is 170. The lowest BCUT2D eigenvalue weighted by atomic mass is 9.79. The van der Waals surface area contributed by atoms with Crippen LogP contribution in [0.25, 0.3) is 0 Å². The Kier molecular flexibility index (Phi) is 3.00. The minimum absolute atomic E-state index is 0.356. The second-order valence-electron chi connectivity index (χ2n) is 3.23. The highest BCUT2D eigenvalue weighted by molar-refractivity contribution is 5.70. The van der Waals surface area contributed by atoms with E-state index < -0.39 is 24.2 Å². The number of halogens is 2. The highest BCUT2D eigenvalue weighted by Crippen LogP contribution is 2.34. The topological polar surface area (TPSA) is 37.3 Å². The molecule has 0 radical (unpaired) electrons. The van der Waals surface area contributed by atoms with Crippen molar-refractivity contribution in [1.29, 1.82) is 0 Å². The quantitative estimate of drug-likeness (QED) is 0.703. The summed E-state index contributed by atoms with van der Waals surface area (Å²) in [5.74, 6) is -2.81. The second-order valence-corrected chi connectivity index (χ2v) is 3.23. The smallest absolute Gasteiger partial charge is 0.306 e. The third-order valence-electron chi connectivity index (χ3n) is 2.46. The van der Waals surface area contributed by atoms with Gasteiger partial charge in [0.25, 0.3) is 0 Å². The van der Waals surface area contributed by atoms with E-state index in [4.69, 9.17) is 5.11 Å². The summed E-state index contributed by atoms with van der Waals surface area (Å²) in [6.45, 7) is 0. The van der Waals surface area contributed by atoms with E-state index in [1.165, 1.54) is 0 Å². The van der Waals surface area contributed by atoms with Gasteiger partial charge in [-0.15, -0.1) is 0 Å². The Hall–Kier alpha value is -0.670. The average molecular weight is 178 g/mol. The van der Waals surface area contributed by atoms with Crippen LogP contribution >= 0.6 is 0 Å². The number of carboxylic acid groups (broad SMARTS) is 1. The van der Waals surface area contributed by atoms with Gasteiger partial charge in [-0.05, 0) is 12.8 Å². The van der Waals surface area contributed by atoms with Crippen molar-refractivity contribution >= 4 is 5.97 Å². The third kappa shape index (κ3) is 1.93. The molecule has 0 saturated heterocycles. The van der Waals surface area contributed by atoms with Crippen molar-refractivity contribution in [2.45, 2.75) is 32.1 Å². The van der Waals surface area contributed by atoms with Crippen molar-refractivity contribution in [3.63, 3.8) is 0 Å². The summed E-state index contributed by atoms with van der Waals surface area (Å²) in [6.07, 6.45) is -0.218. The molecule has 1 aliphatic rings. The summed E-state index contributed by atoms with van der Waals surface area (Å²) in [5.41, 5.74) is 0. The average Bonchev–Trinajstić information content (AvgIpc) is 2.04. The zero-order valence-electron chi connectivity index (χ0n) is 6.67. The van der Waals surface area contributed by atoms with E-state index >= 15 is 0 Å². The van der Waals surface area contributed by atoms with Crippen LogP contribution in [0.1, 0.15) is 25.7 Å². The predicted molar refractivity (Wildman–Crippen MR) is 39.1 cm³/mol. The van der Waals surface area contributed by atoms with Crippen molar-refractivity contribution < 1.29 is 18.7 Å². The largest absolute Gasteiger partial charge is 0.481 e. The molecule has 1 saturated carbocycles. The van der Waals surface area contributed by atoms with E-state index in [1.54, 1.807) is 0 Å². The molecule has 70 valence electrons. The summed E-state index contributed by atoms with van der Waals surface area (Å²) in [6, 6.07) is 0. The van der Waals surface area contributed by atoms with Gasteiger partial charge in [-0.25, -0.2) is 8.78 Å². The van der Waals surface area contributed by atoms with Gasteiger partial charge in [-0.2, -0.15) is 0 Å². The zero-order valence-corrected chi connectivity index (χ0v) is 6.67. The van der Waals surface area contributed by atoms with Gasteiger partial charge in [0.2, 0.25) is 6.43 Å². The third-order valence-corrected chi connectivity index (χ3v) is 2.46. The maximum absolute atomic E-state index is 12.3. The normalized spacial score (nSPS) is 30.6. The van der Waals surface area contributed by atoms with Gasteiger partial charge >= 0.3 is 5.97 Å². The fourth-order valence-corrected chi connectivity index (χ4v) is 1.77. The van der Waals surface area contributed by atoms with Crippen LogP contribution in [-0.4, -0.2) is 17.5 Å². The molecule has 4 heteroatoms. The lowest BCUT2D eigenvalue weighted by molar-refractivity contribution is -0.148. The van der Waals surface area contributed by atoms with Gasteiger partial charge in [-0.1, -0.05) is 12.8 Å². The molecule has 0 aliphatic heterocycles. The SMILES string of the molecule is O=C(O)[C@@H]1CCCC[C@@H]1C(F)F. The number of rotatable bonds is 2. The van der Waals surface area contributed by atoms with E-state index in [-0.39, 0.29) is 0 Å². The van der Waals surface area contributed by atoms with Gasteiger partial charge in [0, 0.05) is 5.92 Å². The standard InChI is InChI=1S/C8H12F2O2/c9-7(10)5-3-1-2-4-6(5)8(11)12/h5-7H,1-4H2,(H,11,12)/t5-,6+/m0/s1. The molecule has 1 fully saturated rings. The maximum Gasteiger partial charge on any atom is 0.306 e. The molecule has 0 aromatic rings. The molecular weight excluding hydrogens is 166 g/mol. The van der Waals surface area contributed by atoms with Gasteiger partial charge in [0.15, 0.2) is 0 Å². The highest BCUT2D eigenvalue weighted by atomic mass is 19.3. The van der Waals surface area contributed by atoms with E-state index in [2.05, 4.69) is 0 Å². The summed E-state index contributed by atoms with van der Waals surface area (Å²) in [5, 5.41) is 8.62. The number of hydrogen-bond acceptors (Lipinski definition) is 1. The molecule has 1 rings (SSSR count). The number of carboxylic acids is 1. The number of hydrogen-bond donors (Lipinski definition) is 1. The Balaban J connectivity index is 2.60. The van der Waals surface area contributed by atoms with Crippen LogP contribution in [0.5, 0.6) is 0 Å². The molecule has 0 unspecified atom stereocenters. The fraction of sp³-hybridized carbons (Fsp3) is 0.875. The predicted octanol–water partition coefficient (Wildman–Crippen LogP) is 2.14. The van der Waals surface area contributed by atoms with Crippen molar-refractivity contribution in [1.82, 2.24) is 0 Å². The number of aliphatic carboxylic acids is 1. The van der Waals surface area contributed by atoms with Gasteiger partial charge < -0.3 is 5.11 Å². The molecular formula is C8H12F2O2. The first-order chi connectivity index (χ1) is 5.63. The molecule has 12 heavy (non-hydrogen) atoms. The molecule has 0 heterocycles. The first-order valence-corrected chi connectivity index (χ1v) is 4.14. The summed E-state index contributed by atoms with van der Waals surface area (Å²) in [4.78, 5) is 10.5. The van der Waals surface area contributed by atoms with Crippen LogP contribution in [0.3, 0.4) is 0 Å². The Morgan fingerprint density at radius 1 is 1.33 bits per heavy atom. The van der Waals surface area contributed by atoms with Crippen LogP contribution < -0.4 is 0 Å². The Morgan fingerprint density at radius 2 is 1.92 bits per heavy atom. The van der Waals surface area contributed by atoms with Crippen molar-refractivity contribution in [3.05, 3.63) is 0 Å². The molecule has 0 aromatic carbocycles. The van der Waals surface area contributed by atoms with Crippen molar-refractivity contribution in [3.8, 4) is 0 Å². The van der Waals surface area contributed by atoms with Crippen LogP contribution in [0.2, 0.25) is 0 Å². The summed E-state index contributed by atoms with van der Waals surface area (Å²) in [7, 11) is 0. The number of alkyl halides is 2. The lowest BCUT2D eigenvalue weighted by Gasteiger charge is -2.27. The van der Waals surface area contributed by atoms with Gasteiger partial charge in [0.05, 0.1) is 5.92 Å². The minimum atomic E-state index is -2.48. The Labute approximate surface area is 69.6 Å². The van der Waals surface area contributed by atoms with E-state index in [9.17, 15) is 13.6 Å². The highest BCUT2D eigenvalue weighted by Gasteiger charge is 2.36. The lowest BCUT2D eigenvalue weighted by Crippen LogP contribution is -2.31. The molecule has 0 amide bonds. The minimum Gasteiger partial charge on any atom is -0.481 e. The summed E-state index contributed by atoms with van der Waals surface area (Å²) < 4.78 is 24.5. The molecule has 2 nitrogen and oxygen atoms in total. The van der Waals surface area contributed by atoms with Crippen molar-refractivity contribution in [2.75, 3.05) is 0 Å².